The molecule has 2 rings (SSSR count). The summed E-state index contributed by atoms with van der Waals surface area (Å²) in [5.41, 5.74) is 0.992. The van der Waals surface area contributed by atoms with Crippen molar-refractivity contribution in [2.24, 2.45) is 0 Å². The second-order valence-electron chi connectivity index (χ2n) is 4.67. The van der Waals surface area contributed by atoms with E-state index in [1.54, 1.807) is 36.4 Å². The highest BCUT2D eigenvalue weighted by molar-refractivity contribution is 5.43. The molecule has 1 N–H and O–H groups in total. The lowest BCUT2D eigenvalue weighted by atomic mass is 10.1. The fraction of sp³-hybridized carbons (Fsp3) is 0.235. The average Bonchev–Trinajstić information content (AvgIpc) is 2.47. The summed E-state index contributed by atoms with van der Waals surface area (Å²) in [5.74, 6) is 0.667. The molecule has 4 heteroatoms. The number of rotatable bonds is 5. The SMILES string of the molecule is CCNC(C)c1c(F)cccc1Oc1cccc(C#N)c1. The molecular weight excluding hydrogens is 267 g/mol. The van der Waals surface area contributed by atoms with E-state index in [-0.39, 0.29) is 11.9 Å². The van der Waals surface area contributed by atoms with E-state index in [4.69, 9.17) is 10.00 Å². The zero-order valence-corrected chi connectivity index (χ0v) is 12.1. The van der Waals surface area contributed by atoms with Crippen LogP contribution in [0.3, 0.4) is 0 Å². The number of nitriles is 1. The van der Waals surface area contributed by atoms with Crippen LogP contribution in [0, 0.1) is 17.1 Å². The summed E-state index contributed by atoms with van der Waals surface area (Å²) >= 11 is 0. The third-order valence-electron chi connectivity index (χ3n) is 3.15. The van der Waals surface area contributed by atoms with Crippen molar-refractivity contribution < 1.29 is 9.13 Å². The molecular formula is C17H17FN2O. The summed E-state index contributed by atoms with van der Waals surface area (Å²) in [5, 5.41) is 12.1. The predicted molar refractivity (Wildman–Crippen MR) is 79.7 cm³/mol. The van der Waals surface area contributed by atoms with Gasteiger partial charge < -0.3 is 10.1 Å². The van der Waals surface area contributed by atoms with Gasteiger partial charge in [-0.05, 0) is 43.8 Å². The van der Waals surface area contributed by atoms with E-state index in [1.165, 1.54) is 6.07 Å². The Morgan fingerprint density at radius 1 is 1.29 bits per heavy atom. The highest BCUT2D eigenvalue weighted by Gasteiger charge is 2.16. The van der Waals surface area contributed by atoms with E-state index in [2.05, 4.69) is 11.4 Å². The molecule has 0 aliphatic rings. The zero-order chi connectivity index (χ0) is 15.2. The van der Waals surface area contributed by atoms with Crippen molar-refractivity contribution in [2.45, 2.75) is 19.9 Å². The van der Waals surface area contributed by atoms with Gasteiger partial charge in [0.1, 0.15) is 17.3 Å². The van der Waals surface area contributed by atoms with Crippen molar-refractivity contribution in [1.82, 2.24) is 5.32 Å². The van der Waals surface area contributed by atoms with Gasteiger partial charge in [-0.15, -0.1) is 0 Å². The molecule has 0 bridgehead atoms. The van der Waals surface area contributed by atoms with Crippen molar-refractivity contribution in [1.29, 1.82) is 5.26 Å². The van der Waals surface area contributed by atoms with Crippen LogP contribution in [-0.4, -0.2) is 6.54 Å². The molecule has 0 saturated heterocycles. The number of hydrogen-bond donors (Lipinski definition) is 1. The third-order valence-corrected chi connectivity index (χ3v) is 3.15. The second-order valence-corrected chi connectivity index (χ2v) is 4.67. The van der Waals surface area contributed by atoms with Crippen LogP contribution in [0.15, 0.2) is 42.5 Å². The molecule has 3 nitrogen and oxygen atoms in total. The van der Waals surface area contributed by atoms with E-state index in [0.717, 1.165) is 6.54 Å². The first-order valence-corrected chi connectivity index (χ1v) is 6.85. The number of hydrogen-bond acceptors (Lipinski definition) is 3. The van der Waals surface area contributed by atoms with Crippen molar-refractivity contribution >= 4 is 0 Å². The van der Waals surface area contributed by atoms with Crippen LogP contribution < -0.4 is 10.1 Å². The lowest BCUT2D eigenvalue weighted by Gasteiger charge is -2.18. The van der Waals surface area contributed by atoms with Crippen LogP contribution in [-0.2, 0) is 0 Å². The molecule has 0 aliphatic carbocycles. The Morgan fingerprint density at radius 3 is 2.76 bits per heavy atom. The van der Waals surface area contributed by atoms with Gasteiger partial charge in [-0.2, -0.15) is 5.26 Å². The molecule has 0 spiro atoms. The van der Waals surface area contributed by atoms with E-state index in [0.29, 0.717) is 22.6 Å². The average molecular weight is 284 g/mol. The van der Waals surface area contributed by atoms with Gasteiger partial charge >= 0.3 is 0 Å². The minimum atomic E-state index is -0.308. The standard InChI is InChI=1S/C17H17FN2O/c1-3-20-12(2)17-15(18)8-5-9-16(17)21-14-7-4-6-13(10-14)11-19/h4-10,12,20H,3H2,1-2H3. The summed E-state index contributed by atoms with van der Waals surface area (Å²) in [7, 11) is 0. The number of halogens is 1. The van der Waals surface area contributed by atoms with Gasteiger partial charge in [0.2, 0.25) is 0 Å². The van der Waals surface area contributed by atoms with Gasteiger partial charge in [-0.1, -0.05) is 19.1 Å². The van der Waals surface area contributed by atoms with E-state index >= 15 is 0 Å². The van der Waals surface area contributed by atoms with Crippen LogP contribution in [0.5, 0.6) is 11.5 Å². The lowest BCUT2D eigenvalue weighted by Crippen LogP contribution is -2.19. The third kappa shape index (κ3) is 3.59. The maximum Gasteiger partial charge on any atom is 0.135 e. The number of nitrogens with one attached hydrogen (secondary N) is 1. The number of nitrogens with zero attached hydrogens (tertiary/aromatic N) is 1. The maximum absolute atomic E-state index is 14.1. The van der Waals surface area contributed by atoms with Gasteiger partial charge in [-0.3, -0.25) is 0 Å². The first-order chi connectivity index (χ1) is 10.2. The van der Waals surface area contributed by atoms with Gasteiger partial charge in [0.25, 0.3) is 0 Å². The molecule has 1 unspecified atom stereocenters. The maximum atomic E-state index is 14.1. The Hall–Kier alpha value is -2.38. The largest absolute Gasteiger partial charge is 0.457 e. The van der Waals surface area contributed by atoms with Crippen LogP contribution >= 0.6 is 0 Å². The number of benzene rings is 2. The molecule has 2 aromatic carbocycles. The lowest BCUT2D eigenvalue weighted by molar-refractivity contribution is 0.448. The van der Waals surface area contributed by atoms with Gasteiger partial charge in [0.05, 0.1) is 11.6 Å². The molecule has 2 aromatic rings. The number of ether oxygens (including phenoxy) is 1. The van der Waals surface area contributed by atoms with Crippen molar-refractivity contribution in [2.75, 3.05) is 6.54 Å². The Balaban J connectivity index is 2.35. The predicted octanol–water partition coefficient (Wildman–Crippen LogP) is 4.16. The first-order valence-electron chi connectivity index (χ1n) is 6.85. The van der Waals surface area contributed by atoms with E-state index in [1.807, 2.05) is 13.8 Å². The summed E-state index contributed by atoms with van der Waals surface area (Å²) in [4.78, 5) is 0. The Kier molecular flexibility index (Phi) is 4.91. The minimum absolute atomic E-state index is 0.162. The van der Waals surface area contributed by atoms with E-state index < -0.39 is 0 Å². The highest BCUT2D eigenvalue weighted by atomic mass is 19.1. The molecule has 108 valence electrons. The molecule has 0 fully saturated rings. The van der Waals surface area contributed by atoms with Crippen LogP contribution in [0.25, 0.3) is 0 Å². The fourth-order valence-corrected chi connectivity index (χ4v) is 2.19. The van der Waals surface area contributed by atoms with Gasteiger partial charge in [0, 0.05) is 11.6 Å². The molecule has 1 atom stereocenters. The highest BCUT2D eigenvalue weighted by Crippen LogP contribution is 2.31. The summed E-state index contributed by atoms with van der Waals surface area (Å²) < 4.78 is 19.9. The Bertz CT molecular complexity index is 664. The second kappa shape index (κ2) is 6.87. The molecule has 0 amide bonds. The normalized spacial score (nSPS) is 11.7. The molecule has 0 radical (unpaired) electrons. The minimum Gasteiger partial charge on any atom is -0.457 e. The molecule has 0 heterocycles. The molecule has 21 heavy (non-hydrogen) atoms. The monoisotopic (exact) mass is 284 g/mol. The van der Waals surface area contributed by atoms with Crippen LogP contribution in [0.4, 0.5) is 4.39 Å². The Labute approximate surface area is 124 Å². The summed E-state index contributed by atoms with van der Waals surface area (Å²) in [6.45, 7) is 4.59. The quantitative estimate of drug-likeness (QED) is 0.896. The zero-order valence-electron chi connectivity index (χ0n) is 12.1. The Morgan fingerprint density at radius 2 is 2.05 bits per heavy atom. The molecule has 0 aliphatic heterocycles. The topological polar surface area (TPSA) is 45.0 Å². The summed E-state index contributed by atoms with van der Waals surface area (Å²) in [6.07, 6.45) is 0. The fourth-order valence-electron chi connectivity index (χ4n) is 2.19. The smallest absolute Gasteiger partial charge is 0.135 e. The summed E-state index contributed by atoms with van der Waals surface area (Å²) in [6, 6.07) is 13.5. The van der Waals surface area contributed by atoms with Crippen molar-refractivity contribution in [3.63, 3.8) is 0 Å². The van der Waals surface area contributed by atoms with Gasteiger partial charge in [0.15, 0.2) is 0 Å². The molecule has 0 saturated carbocycles. The van der Waals surface area contributed by atoms with Crippen LogP contribution in [0.2, 0.25) is 0 Å². The van der Waals surface area contributed by atoms with Crippen LogP contribution in [0.1, 0.15) is 31.0 Å². The van der Waals surface area contributed by atoms with Crippen molar-refractivity contribution in [3.8, 4) is 17.6 Å². The van der Waals surface area contributed by atoms with Gasteiger partial charge in [-0.25, -0.2) is 4.39 Å². The van der Waals surface area contributed by atoms with Crippen molar-refractivity contribution in [3.05, 3.63) is 59.4 Å². The van der Waals surface area contributed by atoms with E-state index in [9.17, 15) is 4.39 Å². The molecule has 0 aromatic heterocycles. The first kappa shape index (κ1) is 15.0.